The summed E-state index contributed by atoms with van der Waals surface area (Å²) in [4.78, 5) is 18.1. The zero-order chi connectivity index (χ0) is 19.4. The molecule has 1 aromatic carbocycles. The fraction of sp³-hybridized carbons (Fsp3) is 0.333. The summed E-state index contributed by atoms with van der Waals surface area (Å²) in [5, 5.41) is 0.219. The van der Waals surface area contributed by atoms with E-state index in [1.807, 2.05) is 12.1 Å². The maximum absolute atomic E-state index is 12.8. The third-order valence-electron chi connectivity index (χ3n) is 4.48. The number of aromatic nitrogens is 1. The molecule has 1 amide bonds. The lowest BCUT2D eigenvalue weighted by molar-refractivity contribution is -0.132. The Balaban J connectivity index is 1.59. The van der Waals surface area contributed by atoms with Crippen LogP contribution in [0.3, 0.4) is 0 Å². The van der Waals surface area contributed by atoms with E-state index in [1.165, 1.54) is 10.4 Å². The first-order valence-electron chi connectivity index (χ1n) is 8.50. The van der Waals surface area contributed by atoms with Crippen LogP contribution >= 0.6 is 23.2 Å². The highest BCUT2D eigenvalue weighted by molar-refractivity contribution is 7.89. The minimum Gasteiger partial charge on any atom is -0.340 e. The van der Waals surface area contributed by atoms with Crippen molar-refractivity contribution < 1.29 is 13.2 Å². The third kappa shape index (κ3) is 4.60. The Bertz CT molecular complexity index is 915. The molecule has 1 aliphatic rings. The fourth-order valence-corrected chi connectivity index (χ4v) is 5.11. The number of rotatable bonds is 5. The predicted molar refractivity (Wildman–Crippen MR) is 104 cm³/mol. The maximum Gasteiger partial charge on any atom is 0.244 e. The molecule has 6 nitrogen and oxygen atoms in total. The molecule has 1 aromatic heterocycles. The molecule has 27 heavy (non-hydrogen) atoms. The maximum atomic E-state index is 12.8. The first-order valence-corrected chi connectivity index (χ1v) is 10.7. The normalized spacial score (nSPS) is 15.7. The highest BCUT2D eigenvalue weighted by Gasteiger charge is 2.31. The van der Waals surface area contributed by atoms with Gasteiger partial charge in [0.25, 0.3) is 0 Å². The number of carbonyl (C=O) groups excluding carboxylic acids is 1. The highest BCUT2D eigenvalue weighted by atomic mass is 35.5. The second-order valence-electron chi connectivity index (χ2n) is 6.20. The molecule has 0 saturated carbocycles. The molecule has 0 aliphatic carbocycles. The molecular weight excluding hydrogens is 409 g/mol. The Morgan fingerprint density at radius 2 is 1.81 bits per heavy atom. The summed E-state index contributed by atoms with van der Waals surface area (Å²) >= 11 is 12.0. The predicted octanol–water partition coefficient (Wildman–Crippen LogP) is 2.85. The van der Waals surface area contributed by atoms with Gasteiger partial charge in [-0.3, -0.25) is 9.78 Å². The number of benzene rings is 1. The molecule has 0 atom stereocenters. The third-order valence-corrected chi connectivity index (χ3v) is 7.35. The van der Waals surface area contributed by atoms with E-state index in [0.29, 0.717) is 25.9 Å². The van der Waals surface area contributed by atoms with Crippen LogP contribution in [0.4, 0.5) is 0 Å². The van der Waals surface area contributed by atoms with Crippen LogP contribution in [0.5, 0.6) is 0 Å². The summed E-state index contributed by atoms with van der Waals surface area (Å²) < 4.78 is 27.0. The molecule has 1 saturated heterocycles. The summed E-state index contributed by atoms with van der Waals surface area (Å²) in [5.74, 6) is 0.0108. The first-order chi connectivity index (χ1) is 12.9. The minimum atomic E-state index is -3.75. The Labute approximate surface area is 168 Å². The number of hydrogen-bond acceptors (Lipinski definition) is 4. The molecule has 1 aliphatic heterocycles. The monoisotopic (exact) mass is 427 g/mol. The van der Waals surface area contributed by atoms with Gasteiger partial charge >= 0.3 is 0 Å². The van der Waals surface area contributed by atoms with E-state index >= 15 is 0 Å². The lowest BCUT2D eigenvalue weighted by Gasteiger charge is -2.34. The molecule has 0 spiro atoms. The summed E-state index contributed by atoms with van der Waals surface area (Å²) in [6.45, 7) is 1.15. The van der Waals surface area contributed by atoms with Crippen LogP contribution < -0.4 is 0 Å². The topological polar surface area (TPSA) is 70.6 Å². The smallest absolute Gasteiger partial charge is 0.244 e. The number of halogens is 2. The average Bonchev–Trinajstić information content (AvgIpc) is 2.69. The lowest BCUT2D eigenvalue weighted by atomic mass is 10.1. The Hall–Kier alpha value is -1.67. The molecule has 9 heteroatoms. The molecule has 2 aromatic rings. The van der Waals surface area contributed by atoms with E-state index in [4.69, 9.17) is 23.2 Å². The van der Waals surface area contributed by atoms with Gasteiger partial charge in [-0.25, -0.2) is 8.42 Å². The van der Waals surface area contributed by atoms with Gasteiger partial charge in [-0.15, -0.1) is 0 Å². The van der Waals surface area contributed by atoms with E-state index in [2.05, 4.69) is 4.98 Å². The van der Waals surface area contributed by atoms with Crippen LogP contribution in [-0.2, 0) is 21.2 Å². The Morgan fingerprint density at radius 3 is 2.48 bits per heavy atom. The van der Waals surface area contributed by atoms with E-state index in [9.17, 15) is 13.2 Å². The van der Waals surface area contributed by atoms with E-state index in [0.717, 1.165) is 5.56 Å². The summed E-state index contributed by atoms with van der Waals surface area (Å²) in [7, 11) is -3.75. The number of piperazine rings is 1. The molecule has 3 rings (SSSR count). The SMILES string of the molecule is O=C(CCc1cccnc1)N1CCN(S(=O)(=O)c2cccc(Cl)c2Cl)CC1. The zero-order valence-corrected chi connectivity index (χ0v) is 16.8. The molecule has 0 bridgehead atoms. The second kappa shape index (κ2) is 8.56. The van der Waals surface area contributed by atoms with Gasteiger partial charge in [0.15, 0.2) is 0 Å². The standard InChI is InChI=1S/C18H19Cl2N3O3S/c19-15-4-1-5-16(18(15)20)27(25,26)23-11-9-22(10-12-23)17(24)7-6-14-3-2-8-21-13-14/h1-5,8,13H,6-7,9-12H2. The van der Waals surface area contributed by atoms with E-state index < -0.39 is 10.0 Å². The number of carbonyl (C=O) groups is 1. The van der Waals surface area contributed by atoms with Crippen molar-refractivity contribution in [3.63, 3.8) is 0 Å². The number of hydrogen-bond donors (Lipinski definition) is 0. The van der Waals surface area contributed by atoms with Gasteiger partial charge in [-0.05, 0) is 30.2 Å². The van der Waals surface area contributed by atoms with Crippen molar-refractivity contribution in [2.24, 2.45) is 0 Å². The number of nitrogens with zero attached hydrogens (tertiary/aromatic N) is 3. The second-order valence-corrected chi connectivity index (χ2v) is 8.89. The van der Waals surface area contributed by atoms with Crippen LogP contribution in [0.1, 0.15) is 12.0 Å². The highest BCUT2D eigenvalue weighted by Crippen LogP contribution is 2.31. The number of sulfonamides is 1. The van der Waals surface area contributed by atoms with Crippen LogP contribution in [0.25, 0.3) is 0 Å². The van der Waals surface area contributed by atoms with Gasteiger partial charge in [-0.2, -0.15) is 4.31 Å². The van der Waals surface area contributed by atoms with Crippen molar-refractivity contribution in [2.45, 2.75) is 17.7 Å². The van der Waals surface area contributed by atoms with Gasteiger partial charge in [-0.1, -0.05) is 35.3 Å². The largest absolute Gasteiger partial charge is 0.340 e. The minimum absolute atomic E-state index is 0.00646. The van der Waals surface area contributed by atoms with Gasteiger partial charge in [0.2, 0.25) is 15.9 Å². The van der Waals surface area contributed by atoms with Gasteiger partial charge in [0.1, 0.15) is 4.90 Å². The van der Waals surface area contributed by atoms with Crippen molar-refractivity contribution in [1.82, 2.24) is 14.2 Å². The van der Waals surface area contributed by atoms with Crippen LogP contribution in [0.2, 0.25) is 10.0 Å². The molecule has 0 N–H and O–H groups in total. The van der Waals surface area contributed by atoms with Crippen molar-refractivity contribution in [3.05, 3.63) is 58.3 Å². The summed E-state index contributed by atoms with van der Waals surface area (Å²) in [6, 6.07) is 8.31. The van der Waals surface area contributed by atoms with Crippen molar-refractivity contribution >= 4 is 39.1 Å². The quantitative estimate of drug-likeness (QED) is 0.735. The van der Waals surface area contributed by atoms with Gasteiger partial charge in [0.05, 0.1) is 10.0 Å². The van der Waals surface area contributed by atoms with Gasteiger partial charge in [0, 0.05) is 45.0 Å². The summed E-state index contributed by atoms with van der Waals surface area (Å²) in [5.41, 5.74) is 1.00. The van der Waals surface area contributed by atoms with Crippen LogP contribution in [0.15, 0.2) is 47.6 Å². The zero-order valence-electron chi connectivity index (χ0n) is 14.5. The molecule has 2 heterocycles. The molecule has 0 radical (unpaired) electrons. The average molecular weight is 428 g/mol. The van der Waals surface area contributed by atoms with E-state index in [-0.39, 0.29) is 33.9 Å². The van der Waals surface area contributed by atoms with E-state index in [1.54, 1.807) is 29.4 Å². The lowest BCUT2D eigenvalue weighted by Crippen LogP contribution is -2.50. The molecule has 144 valence electrons. The van der Waals surface area contributed by atoms with Gasteiger partial charge < -0.3 is 4.90 Å². The molecular formula is C18H19Cl2N3O3S. The first kappa shape index (κ1) is 20.1. The van der Waals surface area contributed by atoms with Crippen molar-refractivity contribution in [3.8, 4) is 0 Å². The number of pyridine rings is 1. The molecule has 1 fully saturated rings. The number of aryl methyl sites for hydroxylation is 1. The van der Waals surface area contributed by atoms with Crippen LogP contribution in [0, 0.1) is 0 Å². The Kier molecular flexibility index (Phi) is 6.37. The van der Waals surface area contributed by atoms with Crippen molar-refractivity contribution in [2.75, 3.05) is 26.2 Å². The Morgan fingerprint density at radius 1 is 1.07 bits per heavy atom. The summed E-state index contributed by atoms with van der Waals surface area (Å²) in [6.07, 6.45) is 4.42. The molecule has 0 unspecified atom stereocenters. The van der Waals surface area contributed by atoms with Crippen LogP contribution in [-0.4, -0.2) is 54.7 Å². The number of amides is 1. The fourth-order valence-electron chi connectivity index (χ4n) is 2.96. The van der Waals surface area contributed by atoms with Crippen molar-refractivity contribution in [1.29, 1.82) is 0 Å².